The number of amides is 2. The van der Waals surface area contributed by atoms with Crippen LogP contribution in [-0.4, -0.2) is 39.2 Å². The molecule has 9 heteroatoms. The summed E-state index contributed by atoms with van der Waals surface area (Å²) in [4.78, 5) is 42.4. The van der Waals surface area contributed by atoms with Crippen molar-refractivity contribution >= 4 is 57.4 Å². The number of hydrogen-bond acceptors (Lipinski definition) is 8. The van der Waals surface area contributed by atoms with Crippen molar-refractivity contribution in [1.82, 2.24) is 4.90 Å². The minimum atomic E-state index is -0.693. The molecule has 0 radical (unpaired) electrons. The van der Waals surface area contributed by atoms with Gasteiger partial charge in [0.1, 0.15) is 17.9 Å². The van der Waals surface area contributed by atoms with Crippen LogP contribution >= 0.6 is 23.5 Å². The average molecular weight is 457 g/mol. The van der Waals surface area contributed by atoms with Crippen molar-refractivity contribution in [3.8, 4) is 0 Å². The molecule has 31 heavy (non-hydrogen) atoms. The monoisotopic (exact) mass is 456 g/mol. The third kappa shape index (κ3) is 5.11. The second kappa shape index (κ2) is 8.39. The van der Waals surface area contributed by atoms with Crippen LogP contribution in [0.3, 0.4) is 0 Å². The van der Waals surface area contributed by atoms with Gasteiger partial charge in [0.15, 0.2) is 5.09 Å². The van der Waals surface area contributed by atoms with Gasteiger partial charge in [-0.3, -0.25) is 19.3 Å². The second-order valence-electron chi connectivity index (χ2n) is 7.92. The molecule has 2 amide bonds. The molecule has 0 bridgehead atoms. The van der Waals surface area contributed by atoms with E-state index in [-0.39, 0.29) is 4.91 Å². The van der Waals surface area contributed by atoms with Gasteiger partial charge in [0.05, 0.1) is 15.6 Å². The minimum absolute atomic E-state index is 0.199. The molecule has 0 aliphatic carbocycles. The maximum atomic E-state index is 12.6. The number of carbonyl (C=O) groups excluding carboxylic acids is 3. The molecule has 1 aromatic carbocycles. The van der Waals surface area contributed by atoms with E-state index in [1.54, 1.807) is 32.9 Å². The van der Waals surface area contributed by atoms with Gasteiger partial charge in [-0.2, -0.15) is 0 Å². The van der Waals surface area contributed by atoms with Crippen molar-refractivity contribution in [2.75, 3.05) is 6.54 Å². The normalized spacial score (nSPS) is 17.3. The lowest BCUT2D eigenvalue weighted by molar-refractivity contribution is -0.156. The zero-order valence-corrected chi connectivity index (χ0v) is 18.8. The molecule has 7 nitrogen and oxygen atoms in total. The number of benzene rings is 1. The number of esters is 1. The van der Waals surface area contributed by atoms with Gasteiger partial charge in [-0.15, -0.1) is 0 Å². The molecule has 2 aliphatic heterocycles. The molecule has 0 spiro atoms. The Hall–Kier alpha value is -2.78. The van der Waals surface area contributed by atoms with Crippen molar-refractivity contribution in [2.24, 2.45) is 4.99 Å². The van der Waals surface area contributed by atoms with E-state index < -0.39 is 29.3 Å². The Labute approximate surface area is 187 Å². The van der Waals surface area contributed by atoms with Crippen LogP contribution in [0.15, 0.2) is 55.8 Å². The first-order valence-corrected chi connectivity index (χ1v) is 11.2. The molecule has 1 fully saturated rings. The molecule has 0 atom stereocenters. The van der Waals surface area contributed by atoms with Crippen LogP contribution in [0.1, 0.15) is 32.1 Å². The van der Waals surface area contributed by atoms with Crippen LogP contribution in [0, 0.1) is 0 Å². The zero-order valence-electron chi connectivity index (χ0n) is 17.2. The highest BCUT2D eigenvalue weighted by atomic mass is 32.2. The second-order valence-corrected chi connectivity index (χ2v) is 10.00. The molecule has 2 aromatic rings. The molecule has 3 heterocycles. The van der Waals surface area contributed by atoms with Crippen molar-refractivity contribution in [3.05, 3.63) is 52.6 Å². The summed E-state index contributed by atoms with van der Waals surface area (Å²) in [5.74, 6) is -0.727. The van der Waals surface area contributed by atoms with Crippen LogP contribution in [0.4, 0.5) is 10.5 Å². The van der Waals surface area contributed by atoms with Crippen LogP contribution in [0.2, 0.25) is 0 Å². The smallest absolute Gasteiger partial charge is 0.326 e. The van der Waals surface area contributed by atoms with E-state index in [1.807, 2.05) is 24.3 Å². The van der Waals surface area contributed by atoms with E-state index >= 15 is 0 Å². The van der Waals surface area contributed by atoms with Gasteiger partial charge < -0.3 is 9.15 Å². The van der Waals surface area contributed by atoms with Gasteiger partial charge in [-0.25, -0.2) is 4.99 Å². The lowest BCUT2D eigenvalue weighted by atomic mass is 10.2. The molecule has 4 rings (SSSR count). The summed E-state index contributed by atoms with van der Waals surface area (Å²) in [6, 6.07) is 11.5. The summed E-state index contributed by atoms with van der Waals surface area (Å²) in [7, 11) is 0. The van der Waals surface area contributed by atoms with Crippen LogP contribution in [0.25, 0.3) is 6.08 Å². The van der Waals surface area contributed by atoms with E-state index in [1.165, 1.54) is 23.4 Å². The van der Waals surface area contributed by atoms with Crippen LogP contribution in [-0.2, 0) is 20.7 Å². The number of ether oxygens (including phenoxy) is 1. The highest BCUT2D eigenvalue weighted by Crippen LogP contribution is 2.36. The SMILES string of the molecule is CC(C)(C)OC(=O)CN1C(=O)S/C(=C\c2ccc(SC3=Nc4ccccc4C3)o2)C1=O. The predicted molar refractivity (Wildman–Crippen MR) is 120 cm³/mol. The van der Waals surface area contributed by atoms with Gasteiger partial charge in [-0.1, -0.05) is 18.2 Å². The number of imide groups is 1. The van der Waals surface area contributed by atoms with Gasteiger partial charge >= 0.3 is 5.97 Å². The Balaban J connectivity index is 1.41. The van der Waals surface area contributed by atoms with Crippen molar-refractivity contribution in [1.29, 1.82) is 0 Å². The highest BCUT2D eigenvalue weighted by Gasteiger charge is 2.37. The zero-order chi connectivity index (χ0) is 22.2. The molecule has 0 unspecified atom stereocenters. The number of furan rings is 1. The average Bonchev–Trinajstić information content (AvgIpc) is 3.35. The number of aliphatic imine (C=N–C) groups is 1. The van der Waals surface area contributed by atoms with Crippen LogP contribution < -0.4 is 0 Å². The first kappa shape index (κ1) is 21.5. The van der Waals surface area contributed by atoms with Crippen molar-refractivity contribution < 1.29 is 23.5 Å². The predicted octanol–water partition coefficient (Wildman–Crippen LogP) is 5.04. The summed E-state index contributed by atoms with van der Waals surface area (Å²) in [5, 5.41) is 1.06. The van der Waals surface area contributed by atoms with Gasteiger partial charge in [0, 0.05) is 12.5 Å². The summed E-state index contributed by atoms with van der Waals surface area (Å²) in [6.45, 7) is 4.75. The molecule has 0 N–H and O–H groups in total. The summed E-state index contributed by atoms with van der Waals surface area (Å²) >= 11 is 2.20. The maximum absolute atomic E-state index is 12.6. The van der Waals surface area contributed by atoms with E-state index in [0.717, 1.165) is 33.8 Å². The van der Waals surface area contributed by atoms with Crippen molar-refractivity contribution in [2.45, 2.75) is 37.9 Å². The first-order valence-electron chi connectivity index (χ1n) is 9.58. The Kier molecular flexibility index (Phi) is 5.81. The third-order valence-electron chi connectivity index (χ3n) is 4.25. The lowest BCUT2D eigenvalue weighted by Crippen LogP contribution is -2.37. The van der Waals surface area contributed by atoms with Gasteiger partial charge in [0.25, 0.3) is 11.1 Å². The number of carbonyl (C=O) groups is 3. The van der Waals surface area contributed by atoms with Crippen molar-refractivity contribution in [3.63, 3.8) is 0 Å². The minimum Gasteiger partial charge on any atom is -0.459 e. The summed E-state index contributed by atoms with van der Waals surface area (Å²) < 4.78 is 11.0. The van der Waals surface area contributed by atoms with Crippen LogP contribution in [0.5, 0.6) is 0 Å². The lowest BCUT2D eigenvalue weighted by Gasteiger charge is -2.21. The molecular formula is C22H20N2O5S2. The fraction of sp³-hybridized carbons (Fsp3) is 0.273. The van der Waals surface area contributed by atoms with Gasteiger partial charge in [0.2, 0.25) is 0 Å². The third-order valence-corrected chi connectivity index (χ3v) is 6.05. The Morgan fingerprint density at radius 3 is 2.77 bits per heavy atom. The molecule has 1 saturated heterocycles. The van der Waals surface area contributed by atoms with E-state index in [2.05, 4.69) is 4.99 Å². The molecule has 2 aliphatic rings. The molecular weight excluding hydrogens is 436 g/mol. The number of fused-ring (bicyclic) bond motifs is 1. The molecule has 0 saturated carbocycles. The number of para-hydroxylation sites is 1. The standard InChI is InChI=1S/C22H20N2O5S2/c1-22(2,3)29-18(25)12-24-20(26)16(30-21(24)27)11-14-8-9-19(28-14)31-17-10-13-6-4-5-7-15(13)23-17/h4-9,11H,10,12H2,1-3H3/b16-11-. The fourth-order valence-corrected chi connectivity index (χ4v) is 4.71. The molecule has 160 valence electrons. The first-order chi connectivity index (χ1) is 14.7. The Morgan fingerprint density at radius 1 is 1.26 bits per heavy atom. The topological polar surface area (TPSA) is 89.2 Å². The Bertz CT molecular complexity index is 1130. The van der Waals surface area contributed by atoms with Gasteiger partial charge in [-0.05, 0) is 68.1 Å². The quantitative estimate of drug-likeness (QED) is 0.470. The summed E-state index contributed by atoms with van der Waals surface area (Å²) in [6.07, 6.45) is 2.26. The van der Waals surface area contributed by atoms with E-state index in [0.29, 0.717) is 10.9 Å². The maximum Gasteiger partial charge on any atom is 0.326 e. The fourth-order valence-electron chi connectivity index (χ4n) is 3.02. The van der Waals surface area contributed by atoms with E-state index in [4.69, 9.17) is 9.15 Å². The number of hydrogen-bond donors (Lipinski definition) is 0. The van der Waals surface area contributed by atoms with E-state index in [9.17, 15) is 14.4 Å². The number of rotatable bonds is 4. The highest BCUT2D eigenvalue weighted by molar-refractivity contribution is 8.18. The largest absolute Gasteiger partial charge is 0.459 e. The number of thioether (sulfide) groups is 2. The summed E-state index contributed by atoms with van der Waals surface area (Å²) in [5.41, 5.74) is 1.45. The molecule has 1 aromatic heterocycles. The number of nitrogens with zero attached hydrogens (tertiary/aromatic N) is 2. The Morgan fingerprint density at radius 2 is 2.03 bits per heavy atom.